The van der Waals surface area contributed by atoms with Crippen LogP contribution in [0, 0.1) is 6.92 Å². The molecule has 0 fully saturated rings. The summed E-state index contributed by atoms with van der Waals surface area (Å²) < 4.78 is 37.5. The summed E-state index contributed by atoms with van der Waals surface area (Å²) >= 11 is 0. The van der Waals surface area contributed by atoms with E-state index in [0.717, 1.165) is 40.1 Å². The summed E-state index contributed by atoms with van der Waals surface area (Å²) in [6.07, 6.45) is -0.109. The summed E-state index contributed by atoms with van der Waals surface area (Å²) in [5.74, 6) is 0. The van der Waals surface area contributed by atoms with Crippen molar-refractivity contribution in [2.24, 2.45) is 9.98 Å². The largest absolute Gasteiger partial charge is 0.389 e. The number of halogens is 3. The standard InChI is InChI=1S/C23H27F3N2/c1-15(2)16(3)11-20(7-6-10-23(24,25)26)28-21-8-9-22(17(4)12-21)19-13-18(5)27-14-19/h8-9,11-12,14H,1,6-7,10,13H2,2-5H3/b16-11+,28-20-. The van der Waals surface area contributed by atoms with E-state index in [1.54, 1.807) is 0 Å². The molecular formula is C23H27F3N2. The predicted molar refractivity (Wildman–Crippen MR) is 112 cm³/mol. The van der Waals surface area contributed by atoms with Crippen LogP contribution in [0.15, 0.2) is 58.2 Å². The number of aliphatic imine (C=N–C) groups is 2. The summed E-state index contributed by atoms with van der Waals surface area (Å²) in [7, 11) is 0. The van der Waals surface area contributed by atoms with Gasteiger partial charge in [-0.3, -0.25) is 9.98 Å². The zero-order valence-electron chi connectivity index (χ0n) is 17.0. The van der Waals surface area contributed by atoms with Crippen molar-refractivity contribution < 1.29 is 13.2 Å². The lowest BCUT2D eigenvalue weighted by atomic mass is 9.98. The molecule has 0 saturated heterocycles. The molecule has 28 heavy (non-hydrogen) atoms. The Morgan fingerprint density at radius 2 is 1.96 bits per heavy atom. The van der Waals surface area contributed by atoms with Gasteiger partial charge in [-0.15, -0.1) is 0 Å². The maximum atomic E-state index is 12.5. The molecule has 0 unspecified atom stereocenters. The first-order valence-electron chi connectivity index (χ1n) is 9.37. The van der Waals surface area contributed by atoms with Gasteiger partial charge in [-0.1, -0.05) is 18.2 Å². The first kappa shape index (κ1) is 21.9. The van der Waals surface area contributed by atoms with Gasteiger partial charge in [0.15, 0.2) is 0 Å². The monoisotopic (exact) mass is 388 g/mol. The summed E-state index contributed by atoms with van der Waals surface area (Å²) in [4.78, 5) is 8.96. The minimum absolute atomic E-state index is 0.0167. The molecule has 0 N–H and O–H groups in total. The second-order valence-corrected chi connectivity index (χ2v) is 7.37. The molecular weight excluding hydrogens is 361 g/mol. The highest BCUT2D eigenvalue weighted by Gasteiger charge is 2.26. The van der Waals surface area contributed by atoms with Crippen LogP contribution in [0.4, 0.5) is 18.9 Å². The minimum Gasteiger partial charge on any atom is -0.265 e. The number of benzene rings is 1. The Hall–Kier alpha value is -2.43. The van der Waals surface area contributed by atoms with Crippen LogP contribution >= 0.6 is 0 Å². The van der Waals surface area contributed by atoms with Crippen LogP contribution in [0.5, 0.6) is 0 Å². The zero-order valence-corrected chi connectivity index (χ0v) is 17.0. The first-order valence-corrected chi connectivity index (χ1v) is 9.37. The van der Waals surface area contributed by atoms with Gasteiger partial charge < -0.3 is 0 Å². The highest BCUT2D eigenvalue weighted by Crippen LogP contribution is 2.29. The number of rotatable bonds is 7. The van der Waals surface area contributed by atoms with Gasteiger partial charge in [0.1, 0.15) is 0 Å². The van der Waals surface area contributed by atoms with Crippen LogP contribution in [-0.2, 0) is 0 Å². The molecule has 1 aromatic carbocycles. The number of nitrogens with zero attached hydrogens (tertiary/aromatic N) is 2. The van der Waals surface area contributed by atoms with Crippen molar-refractivity contribution in [2.45, 2.75) is 59.6 Å². The fraction of sp³-hybridized carbons (Fsp3) is 0.391. The topological polar surface area (TPSA) is 24.7 Å². The smallest absolute Gasteiger partial charge is 0.265 e. The second-order valence-electron chi connectivity index (χ2n) is 7.37. The van der Waals surface area contributed by atoms with E-state index >= 15 is 0 Å². The third-order valence-electron chi connectivity index (χ3n) is 4.67. The van der Waals surface area contributed by atoms with Crippen molar-refractivity contribution in [3.05, 3.63) is 59.3 Å². The number of allylic oxidation sites excluding steroid dienone is 4. The maximum Gasteiger partial charge on any atom is 0.389 e. The molecule has 0 aliphatic carbocycles. The van der Waals surface area contributed by atoms with Crippen molar-refractivity contribution in [1.29, 1.82) is 0 Å². The number of hydrogen-bond donors (Lipinski definition) is 0. The molecule has 2 rings (SSSR count). The first-order chi connectivity index (χ1) is 13.0. The molecule has 0 aromatic heterocycles. The van der Waals surface area contributed by atoms with E-state index < -0.39 is 12.6 Å². The second kappa shape index (κ2) is 9.18. The minimum atomic E-state index is -4.15. The average Bonchev–Trinajstić information content (AvgIpc) is 2.99. The summed E-state index contributed by atoms with van der Waals surface area (Å²) in [5.41, 5.74) is 7.64. The van der Waals surface area contributed by atoms with E-state index in [-0.39, 0.29) is 12.8 Å². The molecule has 1 aliphatic heterocycles. The van der Waals surface area contributed by atoms with E-state index in [1.165, 1.54) is 5.57 Å². The van der Waals surface area contributed by atoms with Crippen LogP contribution in [0.3, 0.4) is 0 Å². The number of hydrogen-bond acceptors (Lipinski definition) is 2. The van der Waals surface area contributed by atoms with E-state index in [1.807, 2.05) is 58.2 Å². The average molecular weight is 388 g/mol. The summed E-state index contributed by atoms with van der Waals surface area (Å²) in [6.45, 7) is 11.7. The molecule has 0 spiro atoms. The number of alkyl halides is 3. The Morgan fingerprint density at radius 1 is 1.25 bits per heavy atom. The Morgan fingerprint density at radius 3 is 2.50 bits per heavy atom. The van der Waals surface area contributed by atoms with Gasteiger partial charge in [-0.25, -0.2) is 0 Å². The lowest BCUT2D eigenvalue weighted by Crippen LogP contribution is -2.08. The maximum absolute atomic E-state index is 12.5. The molecule has 5 heteroatoms. The molecule has 0 bridgehead atoms. The van der Waals surface area contributed by atoms with Gasteiger partial charge in [-0.2, -0.15) is 13.2 Å². The molecule has 0 radical (unpaired) electrons. The number of aryl methyl sites for hydroxylation is 1. The Bertz CT molecular complexity index is 868. The van der Waals surface area contributed by atoms with Crippen molar-refractivity contribution in [3.63, 3.8) is 0 Å². The van der Waals surface area contributed by atoms with Crippen LogP contribution < -0.4 is 0 Å². The van der Waals surface area contributed by atoms with Crippen molar-refractivity contribution in [2.75, 3.05) is 0 Å². The Balaban J connectivity index is 2.25. The highest BCUT2D eigenvalue weighted by atomic mass is 19.4. The van der Waals surface area contributed by atoms with Gasteiger partial charge in [0.2, 0.25) is 0 Å². The summed E-state index contributed by atoms with van der Waals surface area (Å²) in [5, 5.41) is 0. The van der Waals surface area contributed by atoms with Crippen LogP contribution in [0.1, 0.15) is 57.6 Å². The van der Waals surface area contributed by atoms with Crippen molar-refractivity contribution in [1.82, 2.24) is 0 Å². The highest BCUT2D eigenvalue weighted by molar-refractivity contribution is 5.98. The fourth-order valence-corrected chi connectivity index (χ4v) is 2.97. The molecule has 1 heterocycles. The SMILES string of the molecule is C=C(C)/C(C)=C/C(CCCC(F)(F)F)=N\c1ccc(C2=CN=C(C)C2)c(C)c1. The van der Waals surface area contributed by atoms with Crippen LogP contribution in [-0.4, -0.2) is 17.6 Å². The van der Waals surface area contributed by atoms with Crippen molar-refractivity contribution >= 4 is 22.7 Å². The Labute approximate surface area is 165 Å². The summed E-state index contributed by atoms with van der Waals surface area (Å²) in [6, 6.07) is 5.89. The van der Waals surface area contributed by atoms with E-state index in [0.29, 0.717) is 5.71 Å². The van der Waals surface area contributed by atoms with Gasteiger partial charge in [0, 0.05) is 30.5 Å². The predicted octanol–water partition coefficient (Wildman–Crippen LogP) is 7.53. The van der Waals surface area contributed by atoms with E-state index in [9.17, 15) is 13.2 Å². The molecule has 150 valence electrons. The molecule has 0 atom stereocenters. The van der Waals surface area contributed by atoms with Gasteiger partial charge >= 0.3 is 6.18 Å². The fourth-order valence-electron chi connectivity index (χ4n) is 2.97. The Kier molecular flexibility index (Phi) is 7.17. The van der Waals surface area contributed by atoms with Gasteiger partial charge in [-0.05, 0) is 81.0 Å². The third kappa shape index (κ3) is 6.63. The van der Waals surface area contributed by atoms with Crippen LogP contribution in [0.2, 0.25) is 0 Å². The zero-order chi connectivity index (χ0) is 20.9. The quantitative estimate of drug-likeness (QED) is 0.341. The lowest BCUT2D eigenvalue weighted by Gasteiger charge is -2.10. The normalized spacial score (nSPS) is 15.5. The molecule has 0 saturated carbocycles. The van der Waals surface area contributed by atoms with E-state index in [4.69, 9.17) is 0 Å². The molecule has 1 aromatic rings. The van der Waals surface area contributed by atoms with E-state index in [2.05, 4.69) is 16.6 Å². The molecule has 0 amide bonds. The lowest BCUT2D eigenvalue weighted by molar-refractivity contribution is -0.135. The molecule has 2 nitrogen and oxygen atoms in total. The van der Waals surface area contributed by atoms with Gasteiger partial charge in [0.05, 0.1) is 5.69 Å². The van der Waals surface area contributed by atoms with Crippen molar-refractivity contribution in [3.8, 4) is 0 Å². The van der Waals surface area contributed by atoms with Crippen LogP contribution in [0.25, 0.3) is 5.57 Å². The molecule has 1 aliphatic rings. The van der Waals surface area contributed by atoms with Gasteiger partial charge in [0.25, 0.3) is 0 Å². The third-order valence-corrected chi connectivity index (χ3v) is 4.67.